The van der Waals surface area contributed by atoms with Crippen LogP contribution in [0, 0.1) is 12.8 Å². The molecule has 7 heteroatoms. The van der Waals surface area contributed by atoms with Crippen LogP contribution in [-0.4, -0.2) is 48.2 Å². The van der Waals surface area contributed by atoms with Gasteiger partial charge in [0.05, 0.1) is 5.92 Å². The van der Waals surface area contributed by atoms with Gasteiger partial charge >= 0.3 is 5.97 Å². The normalized spacial score (nSPS) is 21.7. The molecule has 2 aromatic rings. The first-order valence-corrected chi connectivity index (χ1v) is 9.39. The number of nitrogens with zero attached hydrogens (tertiary/aromatic N) is 1. The van der Waals surface area contributed by atoms with E-state index in [-0.39, 0.29) is 18.4 Å². The number of hydrogen-bond acceptors (Lipinski definition) is 5. The summed E-state index contributed by atoms with van der Waals surface area (Å²) in [5.74, 6) is -0.824. The second-order valence-electron chi connectivity index (χ2n) is 6.57. The van der Waals surface area contributed by atoms with Crippen molar-refractivity contribution >= 4 is 23.2 Å². The minimum absolute atomic E-state index is 0.191. The minimum atomic E-state index is -0.874. The van der Waals surface area contributed by atoms with Crippen molar-refractivity contribution in [3.05, 3.63) is 45.6 Å². The molecule has 4 rings (SSSR count). The highest BCUT2D eigenvalue weighted by Gasteiger charge is 2.42. The number of fused-ring (bicyclic) bond motifs is 1. The summed E-state index contributed by atoms with van der Waals surface area (Å²) in [7, 11) is 0. The van der Waals surface area contributed by atoms with E-state index in [9.17, 15) is 14.7 Å². The molecule has 0 aliphatic carbocycles. The molecule has 136 valence electrons. The van der Waals surface area contributed by atoms with Crippen molar-refractivity contribution in [2.45, 2.75) is 12.8 Å². The number of carboxylic acids is 1. The number of hydrogen-bond donors (Lipinski definition) is 1. The van der Waals surface area contributed by atoms with Gasteiger partial charge in [-0.2, -0.15) is 0 Å². The average Bonchev–Trinajstić information content (AvgIpc) is 3.26. The maximum atomic E-state index is 13.0. The SMILES string of the molecule is Cc1ccccc1[C@@H]1CN(C(=O)c2scc3c2OCCO3)C[C@H]1C(=O)O. The number of likely N-dealkylation sites (tertiary alicyclic amines) is 1. The van der Waals surface area contributed by atoms with Gasteiger partial charge in [0.25, 0.3) is 5.91 Å². The summed E-state index contributed by atoms with van der Waals surface area (Å²) in [6.45, 7) is 3.43. The van der Waals surface area contributed by atoms with E-state index in [1.54, 1.807) is 10.3 Å². The smallest absolute Gasteiger partial charge is 0.308 e. The molecule has 0 unspecified atom stereocenters. The van der Waals surface area contributed by atoms with Crippen molar-refractivity contribution in [2.24, 2.45) is 5.92 Å². The van der Waals surface area contributed by atoms with Crippen molar-refractivity contribution in [1.82, 2.24) is 4.90 Å². The summed E-state index contributed by atoms with van der Waals surface area (Å²) in [4.78, 5) is 26.9. The van der Waals surface area contributed by atoms with Crippen LogP contribution < -0.4 is 9.47 Å². The van der Waals surface area contributed by atoms with Crippen LogP contribution in [0.5, 0.6) is 11.5 Å². The third-order valence-electron chi connectivity index (χ3n) is 5.01. The number of benzene rings is 1. The molecule has 0 spiro atoms. The molecular formula is C19H19NO5S. The maximum absolute atomic E-state index is 13.0. The number of amides is 1. The van der Waals surface area contributed by atoms with Crippen molar-refractivity contribution < 1.29 is 24.2 Å². The van der Waals surface area contributed by atoms with Crippen LogP contribution in [0.3, 0.4) is 0 Å². The van der Waals surface area contributed by atoms with Crippen molar-refractivity contribution in [1.29, 1.82) is 0 Å². The number of carbonyl (C=O) groups is 2. The van der Waals surface area contributed by atoms with E-state index in [0.29, 0.717) is 36.1 Å². The summed E-state index contributed by atoms with van der Waals surface area (Å²) < 4.78 is 11.1. The molecule has 6 nitrogen and oxygen atoms in total. The number of carbonyl (C=O) groups excluding carboxylic acids is 1. The summed E-state index contributed by atoms with van der Waals surface area (Å²) in [6, 6.07) is 7.77. The standard InChI is InChI=1S/C19H19NO5S/c1-11-4-2-3-5-12(11)13-8-20(9-14(13)19(22)23)18(21)17-16-15(10-26-17)24-6-7-25-16/h2-5,10,13-14H,6-9H2,1H3,(H,22,23)/t13-,14+/m0/s1. The zero-order chi connectivity index (χ0) is 18.3. The molecule has 26 heavy (non-hydrogen) atoms. The third kappa shape index (κ3) is 2.82. The highest BCUT2D eigenvalue weighted by atomic mass is 32.1. The van der Waals surface area contributed by atoms with E-state index in [4.69, 9.17) is 9.47 Å². The number of aliphatic carboxylic acids is 1. The number of ether oxygens (including phenoxy) is 2. The Balaban J connectivity index is 1.62. The number of thiophene rings is 1. The number of rotatable bonds is 3. The van der Waals surface area contributed by atoms with Crippen LogP contribution in [-0.2, 0) is 4.79 Å². The fourth-order valence-corrected chi connectivity index (χ4v) is 4.59. The topological polar surface area (TPSA) is 76.1 Å². The lowest BCUT2D eigenvalue weighted by Gasteiger charge is -2.19. The average molecular weight is 373 g/mol. The Bertz CT molecular complexity index is 861. The van der Waals surface area contributed by atoms with E-state index in [0.717, 1.165) is 11.1 Å². The van der Waals surface area contributed by atoms with E-state index in [1.807, 2.05) is 31.2 Å². The van der Waals surface area contributed by atoms with E-state index in [1.165, 1.54) is 11.3 Å². The maximum Gasteiger partial charge on any atom is 0.308 e. The van der Waals surface area contributed by atoms with Gasteiger partial charge in [-0.25, -0.2) is 0 Å². The molecule has 1 amide bonds. The lowest BCUT2D eigenvalue weighted by molar-refractivity contribution is -0.141. The van der Waals surface area contributed by atoms with Gasteiger partial charge in [0, 0.05) is 24.4 Å². The Morgan fingerprint density at radius 1 is 1.19 bits per heavy atom. The first kappa shape index (κ1) is 16.9. The largest absolute Gasteiger partial charge is 0.485 e. The first-order valence-electron chi connectivity index (χ1n) is 8.51. The van der Waals surface area contributed by atoms with Gasteiger partial charge in [0.1, 0.15) is 18.1 Å². The monoisotopic (exact) mass is 373 g/mol. The Morgan fingerprint density at radius 2 is 1.96 bits per heavy atom. The van der Waals surface area contributed by atoms with Crippen LogP contribution in [0.1, 0.15) is 26.7 Å². The molecule has 2 aliphatic rings. The molecule has 0 bridgehead atoms. The molecule has 1 saturated heterocycles. The van der Waals surface area contributed by atoms with Gasteiger partial charge in [-0.1, -0.05) is 24.3 Å². The van der Waals surface area contributed by atoms with E-state index < -0.39 is 11.9 Å². The second-order valence-corrected chi connectivity index (χ2v) is 7.45. The molecule has 1 aromatic carbocycles. The minimum Gasteiger partial charge on any atom is -0.485 e. The van der Waals surface area contributed by atoms with Gasteiger partial charge in [-0.05, 0) is 18.1 Å². The van der Waals surface area contributed by atoms with Crippen LogP contribution >= 0.6 is 11.3 Å². The van der Waals surface area contributed by atoms with Crippen molar-refractivity contribution in [2.75, 3.05) is 26.3 Å². The second kappa shape index (κ2) is 6.64. The van der Waals surface area contributed by atoms with Gasteiger partial charge in [0.2, 0.25) is 0 Å². The Labute approximate surface area is 155 Å². The Kier molecular flexibility index (Phi) is 4.32. The summed E-state index contributed by atoms with van der Waals surface area (Å²) in [5, 5.41) is 11.4. The predicted molar refractivity (Wildman–Crippen MR) is 96.3 cm³/mol. The fourth-order valence-electron chi connectivity index (χ4n) is 3.69. The quantitative estimate of drug-likeness (QED) is 0.895. The van der Waals surface area contributed by atoms with Crippen LogP contribution in [0.15, 0.2) is 29.6 Å². The highest BCUT2D eigenvalue weighted by Crippen LogP contribution is 2.42. The van der Waals surface area contributed by atoms with Gasteiger partial charge in [-0.15, -0.1) is 11.3 Å². The Hall–Kier alpha value is -2.54. The molecule has 2 atom stereocenters. The van der Waals surface area contributed by atoms with E-state index >= 15 is 0 Å². The molecule has 3 heterocycles. The van der Waals surface area contributed by atoms with Crippen LogP contribution in [0.2, 0.25) is 0 Å². The number of aryl methyl sites for hydroxylation is 1. The highest BCUT2D eigenvalue weighted by molar-refractivity contribution is 7.12. The zero-order valence-electron chi connectivity index (χ0n) is 14.3. The van der Waals surface area contributed by atoms with Crippen molar-refractivity contribution in [3.63, 3.8) is 0 Å². The van der Waals surface area contributed by atoms with Crippen molar-refractivity contribution in [3.8, 4) is 11.5 Å². The van der Waals surface area contributed by atoms with Gasteiger partial charge in [0.15, 0.2) is 11.5 Å². The summed E-state index contributed by atoms with van der Waals surface area (Å²) in [5.41, 5.74) is 2.03. The fraction of sp³-hybridized carbons (Fsp3) is 0.368. The zero-order valence-corrected chi connectivity index (χ0v) is 15.1. The predicted octanol–water partition coefficient (Wildman–Crippen LogP) is 2.77. The van der Waals surface area contributed by atoms with Crippen LogP contribution in [0.25, 0.3) is 0 Å². The summed E-state index contributed by atoms with van der Waals surface area (Å²) in [6.07, 6.45) is 0. The molecule has 1 aromatic heterocycles. The van der Waals surface area contributed by atoms with Crippen LogP contribution in [0.4, 0.5) is 0 Å². The van der Waals surface area contributed by atoms with Gasteiger partial charge in [-0.3, -0.25) is 9.59 Å². The molecule has 2 aliphatic heterocycles. The molecule has 0 saturated carbocycles. The lowest BCUT2D eigenvalue weighted by Crippen LogP contribution is -2.30. The molecule has 0 radical (unpaired) electrons. The Morgan fingerprint density at radius 3 is 2.73 bits per heavy atom. The molecule has 1 N–H and O–H groups in total. The summed E-state index contributed by atoms with van der Waals surface area (Å²) >= 11 is 1.28. The third-order valence-corrected chi connectivity index (χ3v) is 5.94. The lowest BCUT2D eigenvalue weighted by atomic mass is 9.86. The number of carboxylic acid groups (broad SMARTS) is 1. The first-order chi connectivity index (χ1) is 12.6. The molecular weight excluding hydrogens is 354 g/mol. The van der Waals surface area contributed by atoms with E-state index in [2.05, 4.69) is 0 Å². The van der Waals surface area contributed by atoms with Gasteiger partial charge < -0.3 is 19.5 Å². The molecule has 1 fully saturated rings.